The number of aliphatic hydroxyl groups excluding tert-OH is 1. The number of amides is 1. The zero-order valence-electron chi connectivity index (χ0n) is 14.6. The van der Waals surface area contributed by atoms with Crippen molar-refractivity contribution < 1.29 is 14.6 Å². The first kappa shape index (κ1) is 17.4. The molecule has 7 nitrogen and oxygen atoms in total. The van der Waals surface area contributed by atoms with Gasteiger partial charge in [0.15, 0.2) is 0 Å². The summed E-state index contributed by atoms with van der Waals surface area (Å²) in [5.41, 5.74) is 0.493. The van der Waals surface area contributed by atoms with Crippen LogP contribution in [0.2, 0.25) is 0 Å². The standard InChI is InChI=1S/C18H24N4O3/c1-3-25-17-14(5-4-8-20-17)18(24)22-10-6-13(7-11-22)15(23)16-19-9-12-21(16)2/h4-5,8-9,12-13,15,23H,3,6-7,10-11H2,1-2H3. The SMILES string of the molecule is CCOc1ncccc1C(=O)N1CCC(C(O)c2nccn2C)CC1. The van der Waals surface area contributed by atoms with Crippen LogP contribution in [-0.2, 0) is 7.05 Å². The Balaban J connectivity index is 1.64. The van der Waals surface area contributed by atoms with Crippen LogP contribution >= 0.6 is 0 Å². The monoisotopic (exact) mass is 344 g/mol. The molecule has 1 amide bonds. The van der Waals surface area contributed by atoms with Crippen molar-refractivity contribution >= 4 is 5.91 Å². The zero-order valence-corrected chi connectivity index (χ0v) is 14.6. The van der Waals surface area contributed by atoms with Crippen molar-refractivity contribution in [3.63, 3.8) is 0 Å². The van der Waals surface area contributed by atoms with Gasteiger partial charge in [0.05, 0.1) is 6.61 Å². The lowest BCUT2D eigenvalue weighted by Crippen LogP contribution is -2.40. The lowest BCUT2D eigenvalue weighted by Gasteiger charge is -2.34. The summed E-state index contributed by atoms with van der Waals surface area (Å²) >= 11 is 0. The van der Waals surface area contributed by atoms with Crippen LogP contribution in [0.15, 0.2) is 30.7 Å². The van der Waals surface area contributed by atoms with Crippen LogP contribution in [0.25, 0.3) is 0 Å². The van der Waals surface area contributed by atoms with Gasteiger partial charge < -0.3 is 19.3 Å². The van der Waals surface area contributed by atoms with Crippen molar-refractivity contribution in [2.75, 3.05) is 19.7 Å². The topological polar surface area (TPSA) is 80.5 Å². The molecule has 0 radical (unpaired) electrons. The van der Waals surface area contributed by atoms with Crippen molar-refractivity contribution in [2.45, 2.75) is 25.9 Å². The molecule has 7 heteroatoms. The smallest absolute Gasteiger partial charge is 0.259 e. The first-order valence-corrected chi connectivity index (χ1v) is 8.64. The fourth-order valence-corrected chi connectivity index (χ4v) is 3.27. The molecule has 1 N–H and O–H groups in total. The van der Waals surface area contributed by atoms with E-state index in [0.717, 1.165) is 12.8 Å². The number of likely N-dealkylation sites (tertiary alicyclic amines) is 1. The Bertz CT molecular complexity index is 723. The van der Waals surface area contributed by atoms with Gasteiger partial charge in [0.25, 0.3) is 5.91 Å². The van der Waals surface area contributed by atoms with Crippen LogP contribution in [0.1, 0.15) is 42.1 Å². The quantitative estimate of drug-likeness (QED) is 0.894. The summed E-state index contributed by atoms with van der Waals surface area (Å²) in [6, 6.07) is 3.49. The first-order valence-electron chi connectivity index (χ1n) is 8.64. The number of aliphatic hydroxyl groups is 1. The van der Waals surface area contributed by atoms with Gasteiger partial charge in [0.2, 0.25) is 5.88 Å². The number of imidazole rings is 1. The Morgan fingerprint density at radius 3 is 2.76 bits per heavy atom. The molecule has 1 fully saturated rings. The maximum Gasteiger partial charge on any atom is 0.259 e. The molecule has 1 aliphatic heterocycles. The molecule has 3 rings (SSSR count). The third-order valence-corrected chi connectivity index (χ3v) is 4.68. The predicted molar refractivity (Wildman–Crippen MR) is 92.2 cm³/mol. The summed E-state index contributed by atoms with van der Waals surface area (Å²) in [4.78, 5) is 23.0. The molecule has 2 aromatic rings. The van der Waals surface area contributed by atoms with E-state index in [9.17, 15) is 9.90 Å². The van der Waals surface area contributed by atoms with Crippen LogP contribution in [0, 0.1) is 5.92 Å². The molecule has 1 aliphatic rings. The summed E-state index contributed by atoms with van der Waals surface area (Å²) in [5.74, 6) is 1.09. The minimum Gasteiger partial charge on any atom is -0.477 e. The van der Waals surface area contributed by atoms with Gasteiger partial charge in [-0.25, -0.2) is 9.97 Å². The second-order valence-electron chi connectivity index (χ2n) is 6.26. The summed E-state index contributed by atoms with van der Waals surface area (Å²) in [6.45, 7) is 3.54. The van der Waals surface area contributed by atoms with E-state index < -0.39 is 6.10 Å². The molecule has 0 spiro atoms. The van der Waals surface area contributed by atoms with Crippen LogP contribution < -0.4 is 4.74 Å². The number of rotatable bonds is 5. The van der Waals surface area contributed by atoms with Gasteiger partial charge in [0, 0.05) is 38.7 Å². The van der Waals surface area contributed by atoms with Crippen molar-refractivity contribution in [3.05, 3.63) is 42.1 Å². The van der Waals surface area contributed by atoms with Crippen LogP contribution in [0.3, 0.4) is 0 Å². The first-order chi connectivity index (χ1) is 12.1. The normalized spacial score (nSPS) is 16.7. The molecule has 0 aliphatic carbocycles. The molecule has 1 atom stereocenters. The molecular weight excluding hydrogens is 320 g/mol. The summed E-state index contributed by atoms with van der Waals surface area (Å²) in [6.07, 6.45) is 6.02. The maximum atomic E-state index is 12.8. The van der Waals surface area contributed by atoms with Gasteiger partial charge in [-0.2, -0.15) is 0 Å². The summed E-state index contributed by atoms with van der Waals surface area (Å²) in [5, 5.41) is 10.6. The largest absolute Gasteiger partial charge is 0.477 e. The zero-order chi connectivity index (χ0) is 17.8. The second kappa shape index (κ2) is 7.65. The lowest BCUT2D eigenvalue weighted by atomic mass is 9.90. The van der Waals surface area contributed by atoms with E-state index in [1.165, 1.54) is 0 Å². The van der Waals surface area contributed by atoms with E-state index in [4.69, 9.17) is 4.74 Å². The molecule has 134 valence electrons. The lowest BCUT2D eigenvalue weighted by molar-refractivity contribution is 0.0417. The molecule has 25 heavy (non-hydrogen) atoms. The van der Waals surface area contributed by atoms with E-state index in [2.05, 4.69) is 9.97 Å². The second-order valence-corrected chi connectivity index (χ2v) is 6.26. The molecule has 1 unspecified atom stereocenters. The highest BCUT2D eigenvalue weighted by Gasteiger charge is 2.31. The average Bonchev–Trinajstić information content (AvgIpc) is 3.07. The molecule has 0 aromatic carbocycles. The Labute approximate surface area is 147 Å². The fraction of sp³-hybridized carbons (Fsp3) is 0.500. The van der Waals surface area contributed by atoms with E-state index in [-0.39, 0.29) is 11.8 Å². The van der Waals surface area contributed by atoms with Crippen LogP contribution in [0.5, 0.6) is 5.88 Å². The van der Waals surface area contributed by atoms with Gasteiger partial charge >= 0.3 is 0 Å². The van der Waals surface area contributed by atoms with E-state index >= 15 is 0 Å². The Kier molecular flexibility index (Phi) is 5.33. The molecular formula is C18H24N4O3. The number of piperidine rings is 1. The number of aryl methyl sites for hydroxylation is 1. The van der Waals surface area contributed by atoms with E-state index in [1.807, 2.05) is 24.7 Å². The Hall–Kier alpha value is -2.41. The molecule has 0 saturated carbocycles. The van der Waals surface area contributed by atoms with Gasteiger partial charge in [-0.15, -0.1) is 0 Å². The molecule has 0 bridgehead atoms. The third-order valence-electron chi connectivity index (χ3n) is 4.68. The minimum absolute atomic E-state index is 0.0681. The van der Waals surface area contributed by atoms with Crippen LogP contribution in [-0.4, -0.2) is 50.1 Å². The molecule has 1 saturated heterocycles. The number of ether oxygens (including phenoxy) is 1. The number of hydrogen-bond acceptors (Lipinski definition) is 5. The van der Waals surface area contributed by atoms with Crippen LogP contribution in [0.4, 0.5) is 0 Å². The fourth-order valence-electron chi connectivity index (χ4n) is 3.27. The Morgan fingerprint density at radius 2 is 2.12 bits per heavy atom. The van der Waals surface area contributed by atoms with Gasteiger partial charge in [-0.05, 0) is 37.8 Å². The van der Waals surface area contributed by atoms with E-state index in [1.54, 1.807) is 29.4 Å². The van der Waals surface area contributed by atoms with Crippen molar-refractivity contribution in [1.29, 1.82) is 0 Å². The summed E-state index contributed by atoms with van der Waals surface area (Å²) < 4.78 is 7.30. The van der Waals surface area contributed by atoms with Gasteiger partial charge in [-0.3, -0.25) is 4.79 Å². The molecule has 3 heterocycles. The summed E-state index contributed by atoms with van der Waals surface area (Å²) in [7, 11) is 1.88. The molecule has 2 aromatic heterocycles. The number of hydrogen-bond donors (Lipinski definition) is 1. The number of pyridine rings is 1. The highest BCUT2D eigenvalue weighted by molar-refractivity contribution is 5.96. The minimum atomic E-state index is -0.602. The predicted octanol–water partition coefficient (Wildman–Crippen LogP) is 1.80. The maximum absolute atomic E-state index is 12.8. The number of carbonyl (C=O) groups is 1. The average molecular weight is 344 g/mol. The van der Waals surface area contributed by atoms with Crippen molar-refractivity contribution in [1.82, 2.24) is 19.4 Å². The van der Waals surface area contributed by atoms with Crippen molar-refractivity contribution in [2.24, 2.45) is 13.0 Å². The van der Waals surface area contributed by atoms with Gasteiger partial charge in [-0.1, -0.05) is 0 Å². The highest BCUT2D eigenvalue weighted by Crippen LogP contribution is 2.30. The third kappa shape index (κ3) is 3.66. The number of carbonyl (C=O) groups excluding carboxylic acids is 1. The Morgan fingerprint density at radius 1 is 1.36 bits per heavy atom. The van der Waals surface area contributed by atoms with Gasteiger partial charge in [0.1, 0.15) is 17.5 Å². The van der Waals surface area contributed by atoms with E-state index in [0.29, 0.717) is 37.0 Å². The number of nitrogens with zero attached hydrogens (tertiary/aromatic N) is 4. The highest BCUT2D eigenvalue weighted by atomic mass is 16.5. The van der Waals surface area contributed by atoms with Crippen molar-refractivity contribution in [3.8, 4) is 5.88 Å². The number of aromatic nitrogens is 3.